The van der Waals surface area contributed by atoms with Crippen molar-refractivity contribution in [1.29, 1.82) is 0 Å². The van der Waals surface area contributed by atoms with Crippen LogP contribution in [0.15, 0.2) is 47.5 Å². The number of rotatable bonds is 7. The molecular weight excluding hydrogens is 459 g/mol. The molecule has 4 nitrogen and oxygen atoms in total. The molecule has 0 radical (unpaired) electrons. The van der Waals surface area contributed by atoms with Crippen molar-refractivity contribution in [1.82, 2.24) is 15.1 Å². The minimum atomic E-state index is 0. The number of hydrogen-bond donors (Lipinski definition) is 1. The van der Waals surface area contributed by atoms with Gasteiger partial charge in [-0.25, -0.2) is 0 Å². The van der Waals surface area contributed by atoms with Crippen molar-refractivity contribution in [2.24, 2.45) is 10.9 Å². The Bertz CT molecular complexity index is 752. The number of likely N-dealkylation sites (tertiary alicyclic amines) is 1. The van der Waals surface area contributed by atoms with E-state index in [1.165, 1.54) is 29.3 Å². The molecule has 0 amide bonds. The molecule has 3 rings (SSSR count). The maximum atomic E-state index is 4.54. The number of benzene rings is 2. The summed E-state index contributed by atoms with van der Waals surface area (Å²) in [5.74, 6) is 1.80. The average Bonchev–Trinajstić information content (AvgIpc) is 3.17. The van der Waals surface area contributed by atoms with Gasteiger partial charge in [-0.1, -0.05) is 56.3 Å². The van der Waals surface area contributed by atoms with E-state index in [2.05, 4.69) is 76.4 Å². The molecule has 1 aliphatic heterocycles. The van der Waals surface area contributed by atoms with E-state index >= 15 is 0 Å². The van der Waals surface area contributed by atoms with Gasteiger partial charge < -0.3 is 15.1 Å². The van der Waals surface area contributed by atoms with Gasteiger partial charge in [0.2, 0.25) is 0 Å². The van der Waals surface area contributed by atoms with E-state index < -0.39 is 0 Å². The number of nitrogens with one attached hydrogen (secondary N) is 1. The summed E-state index contributed by atoms with van der Waals surface area (Å²) in [5.41, 5.74) is 1.40. The third kappa shape index (κ3) is 5.83. The van der Waals surface area contributed by atoms with Gasteiger partial charge in [-0.3, -0.25) is 4.99 Å². The summed E-state index contributed by atoms with van der Waals surface area (Å²) in [5, 5.41) is 6.27. The number of guanidine groups is 1. The summed E-state index contributed by atoms with van der Waals surface area (Å²) in [6.07, 6.45) is 2.28. The molecule has 0 saturated carbocycles. The normalized spacial score (nSPS) is 17.2. The number of aliphatic imine (C=N–C) groups is 1. The molecule has 0 bridgehead atoms. The predicted molar refractivity (Wildman–Crippen MR) is 132 cm³/mol. The van der Waals surface area contributed by atoms with Crippen molar-refractivity contribution in [2.45, 2.75) is 26.7 Å². The second kappa shape index (κ2) is 11.6. The summed E-state index contributed by atoms with van der Waals surface area (Å²) in [6, 6.07) is 15.2. The fourth-order valence-corrected chi connectivity index (χ4v) is 4.17. The first kappa shape index (κ1) is 22.9. The van der Waals surface area contributed by atoms with Gasteiger partial charge in [0.1, 0.15) is 0 Å². The molecule has 1 heterocycles. The van der Waals surface area contributed by atoms with Gasteiger partial charge in [0.15, 0.2) is 5.96 Å². The van der Waals surface area contributed by atoms with Crippen LogP contribution < -0.4 is 5.32 Å². The van der Waals surface area contributed by atoms with Crippen molar-refractivity contribution < 1.29 is 0 Å². The van der Waals surface area contributed by atoms with Gasteiger partial charge >= 0.3 is 0 Å². The lowest BCUT2D eigenvalue weighted by atomic mass is 10.0. The summed E-state index contributed by atoms with van der Waals surface area (Å²) < 4.78 is 0. The Labute approximate surface area is 187 Å². The molecule has 28 heavy (non-hydrogen) atoms. The first-order chi connectivity index (χ1) is 13.2. The maximum Gasteiger partial charge on any atom is 0.193 e. The molecule has 2 aromatic carbocycles. The molecule has 154 valence electrons. The van der Waals surface area contributed by atoms with Crippen LogP contribution in [0.5, 0.6) is 0 Å². The molecule has 1 aliphatic rings. The van der Waals surface area contributed by atoms with E-state index in [1.807, 2.05) is 7.05 Å². The standard InChI is InChI=1S/C23H34N4.HI/c1-4-26(5-2)17-19-14-16-27(18-19)23(24-3)25-15-13-21-11-8-10-20-9-6-7-12-22(20)21;/h6-12,19H,4-5,13-18H2,1-3H3,(H,24,25);1H. The lowest BCUT2D eigenvalue weighted by Crippen LogP contribution is -2.41. The van der Waals surface area contributed by atoms with Gasteiger partial charge in [0, 0.05) is 33.2 Å². The van der Waals surface area contributed by atoms with E-state index in [1.54, 1.807) is 0 Å². The van der Waals surface area contributed by atoms with Crippen LogP contribution in [0, 0.1) is 5.92 Å². The molecule has 1 fully saturated rings. The summed E-state index contributed by atoms with van der Waals surface area (Å²) in [6.45, 7) is 11.1. The quantitative estimate of drug-likeness (QED) is 0.355. The highest BCUT2D eigenvalue weighted by molar-refractivity contribution is 14.0. The van der Waals surface area contributed by atoms with E-state index in [0.29, 0.717) is 0 Å². The van der Waals surface area contributed by atoms with E-state index in [0.717, 1.165) is 51.0 Å². The molecule has 5 heteroatoms. The van der Waals surface area contributed by atoms with Crippen LogP contribution >= 0.6 is 24.0 Å². The number of fused-ring (bicyclic) bond motifs is 1. The molecule has 0 aliphatic carbocycles. The van der Waals surface area contributed by atoms with Crippen LogP contribution in [0.25, 0.3) is 10.8 Å². The number of nitrogens with zero attached hydrogens (tertiary/aromatic N) is 3. The Balaban J connectivity index is 0.00000280. The summed E-state index contributed by atoms with van der Waals surface area (Å²) in [4.78, 5) is 9.50. The van der Waals surface area contributed by atoms with Crippen molar-refractivity contribution in [2.75, 3.05) is 46.3 Å². The molecule has 0 spiro atoms. The van der Waals surface area contributed by atoms with Gasteiger partial charge in [0.25, 0.3) is 0 Å². The van der Waals surface area contributed by atoms with Gasteiger partial charge in [-0.15, -0.1) is 24.0 Å². The Hall–Kier alpha value is -1.34. The van der Waals surface area contributed by atoms with E-state index in [-0.39, 0.29) is 24.0 Å². The van der Waals surface area contributed by atoms with Crippen molar-refractivity contribution >= 4 is 40.7 Å². The van der Waals surface area contributed by atoms with Crippen LogP contribution in [0.2, 0.25) is 0 Å². The van der Waals surface area contributed by atoms with Crippen LogP contribution in [0.3, 0.4) is 0 Å². The van der Waals surface area contributed by atoms with Crippen molar-refractivity contribution in [3.8, 4) is 0 Å². The number of hydrogen-bond acceptors (Lipinski definition) is 2. The van der Waals surface area contributed by atoms with Crippen molar-refractivity contribution in [3.63, 3.8) is 0 Å². The molecular formula is C23H35IN4. The van der Waals surface area contributed by atoms with Crippen LogP contribution in [-0.2, 0) is 6.42 Å². The Morgan fingerprint density at radius 1 is 1.14 bits per heavy atom. The summed E-state index contributed by atoms with van der Waals surface area (Å²) >= 11 is 0. The highest BCUT2D eigenvalue weighted by Crippen LogP contribution is 2.19. The molecule has 1 saturated heterocycles. The van der Waals surface area contributed by atoms with Gasteiger partial charge in [-0.2, -0.15) is 0 Å². The van der Waals surface area contributed by atoms with Crippen LogP contribution in [-0.4, -0.2) is 62.1 Å². The third-order valence-electron chi connectivity index (χ3n) is 5.77. The lowest BCUT2D eigenvalue weighted by molar-refractivity contribution is 0.255. The smallest absolute Gasteiger partial charge is 0.193 e. The first-order valence-corrected chi connectivity index (χ1v) is 10.4. The Morgan fingerprint density at radius 2 is 1.89 bits per heavy atom. The zero-order valence-corrected chi connectivity index (χ0v) is 19.9. The van der Waals surface area contributed by atoms with Crippen molar-refractivity contribution in [3.05, 3.63) is 48.0 Å². The SMILES string of the molecule is CCN(CC)CC1CCN(C(=NC)NCCc2cccc3ccccc23)C1.I. The molecule has 0 aromatic heterocycles. The van der Waals surface area contributed by atoms with E-state index in [4.69, 9.17) is 0 Å². The molecule has 1 N–H and O–H groups in total. The monoisotopic (exact) mass is 494 g/mol. The minimum absolute atomic E-state index is 0. The molecule has 2 aromatic rings. The second-order valence-corrected chi connectivity index (χ2v) is 7.45. The maximum absolute atomic E-state index is 4.54. The lowest BCUT2D eigenvalue weighted by Gasteiger charge is -2.24. The second-order valence-electron chi connectivity index (χ2n) is 7.45. The van der Waals surface area contributed by atoms with E-state index in [9.17, 15) is 0 Å². The topological polar surface area (TPSA) is 30.9 Å². The number of halogens is 1. The molecule has 1 unspecified atom stereocenters. The molecule has 1 atom stereocenters. The van der Waals surface area contributed by atoms with Crippen LogP contribution in [0.4, 0.5) is 0 Å². The third-order valence-corrected chi connectivity index (χ3v) is 5.77. The van der Waals surface area contributed by atoms with Gasteiger partial charge in [-0.05, 0) is 48.2 Å². The first-order valence-electron chi connectivity index (χ1n) is 10.4. The zero-order chi connectivity index (χ0) is 19.1. The predicted octanol–water partition coefficient (Wildman–Crippen LogP) is 4.24. The highest BCUT2D eigenvalue weighted by atomic mass is 127. The Kier molecular flexibility index (Phi) is 9.51. The average molecular weight is 494 g/mol. The highest BCUT2D eigenvalue weighted by Gasteiger charge is 2.25. The fraction of sp³-hybridized carbons (Fsp3) is 0.522. The minimum Gasteiger partial charge on any atom is -0.356 e. The summed E-state index contributed by atoms with van der Waals surface area (Å²) in [7, 11) is 1.90. The Morgan fingerprint density at radius 3 is 2.64 bits per heavy atom. The zero-order valence-electron chi connectivity index (χ0n) is 17.5. The van der Waals surface area contributed by atoms with Crippen LogP contribution in [0.1, 0.15) is 25.8 Å². The largest absolute Gasteiger partial charge is 0.356 e. The fourth-order valence-electron chi connectivity index (χ4n) is 4.17. The van der Waals surface area contributed by atoms with Gasteiger partial charge in [0.05, 0.1) is 0 Å².